The molecular formula is C20H21N5O3S2. The van der Waals surface area contributed by atoms with Crippen molar-refractivity contribution in [1.82, 2.24) is 23.9 Å². The van der Waals surface area contributed by atoms with Gasteiger partial charge < -0.3 is 0 Å². The standard InChI is InChI=1S/C20H21N5O3S2/c1-21-30(27,28)13-7-12-29-20-23-22-19-24(14-15-8-3-2-4-9-15)18(26)16-10-5-6-11-17(16)25(19)20/h2-6,8-11,21H,7,12-14H2,1H3. The molecule has 0 radical (unpaired) electrons. The normalized spacial score (nSPS) is 12.0. The molecule has 0 aliphatic heterocycles. The predicted molar refractivity (Wildman–Crippen MR) is 118 cm³/mol. The van der Waals surface area contributed by atoms with Crippen LogP contribution in [-0.4, -0.2) is 46.1 Å². The summed E-state index contributed by atoms with van der Waals surface area (Å²) in [5.74, 6) is 1.08. The molecule has 0 atom stereocenters. The Kier molecular flexibility index (Phi) is 5.89. The first-order chi connectivity index (χ1) is 14.5. The smallest absolute Gasteiger partial charge is 0.263 e. The molecule has 0 bridgehead atoms. The van der Waals surface area contributed by atoms with Gasteiger partial charge in [-0.3, -0.25) is 13.8 Å². The van der Waals surface area contributed by atoms with E-state index in [0.717, 1.165) is 11.1 Å². The Bertz CT molecular complexity index is 1350. The van der Waals surface area contributed by atoms with Gasteiger partial charge in [0.25, 0.3) is 5.56 Å². The number of aromatic nitrogens is 4. The van der Waals surface area contributed by atoms with Crippen molar-refractivity contribution in [2.24, 2.45) is 0 Å². The van der Waals surface area contributed by atoms with Gasteiger partial charge in [-0.15, -0.1) is 10.2 Å². The highest BCUT2D eigenvalue weighted by molar-refractivity contribution is 7.99. The van der Waals surface area contributed by atoms with E-state index in [1.807, 2.05) is 52.9 Å². The second kappa shape index (κ2) is 8.58. The van der Waals surface area contributed by atoms with Gasteiger partial charge in [0.1, 0.15) is 0 Å². The Labute approximate surface area is 178 Å². The van der Waals surface area contributed by atoms with Crippen LogP contribution in [0.3, 0.4) is 0 Å². The largest absolute Gasteiger partial charge is 0.272 e. The van der Waals surface area contributed by atoms with Gasteiger partial charge in [0.05, 0.1) is 23.2 Å². The molecule has 10 heteroatoms. The van der Waals surface area contributed by atoms with Crippen LogP contribution in [0.1, 0.15) is 12.0 Å². The van der Waals surface area contributed by atoms with Crippen LogP contribution in [0.4, 0.5) is 0 Å². The lowest BCUT2D eigenvalue weighted by atomic mass is 10.2. The van der Waals surface area contributed by atoms with Crippen LogP contribution in [0.15, 0.2) is 64.5 Å². The second-order valence-electron chi connectivity index (χ2n) is 6.74. The monoisotopic (exact) mass is 443 g/mol. The summed E-state index contributed by atoms with van der Waals surface area (Å²) in [5, 5.41) is 9.80. The van der Waals surface area contributed by atoms with E-state index in [4.69, 9.17) is 0 Å². The number of hydrogen-bond donors (Lipinski definition) is 1. The minimum absolute atomic E-state index is 0.0483. The van der Waals surface area contributed by atoms with Crippen molar-refractivity contribution in [1.29, 1.82) is 0 Å². The summed E-state index contributed by atoms with van der Waals surface area (Å²) < 4.78 is 29.0. The second-order valence-corrected chi connectivity index (χ2v) is 9.85. The number of thioether (sulfide) groups is 1. The highest BCUT2D eigenvalue weighted by Gasteiger charge is 2.17. The molecule has 0 saturated heterocycles. The van der Waals surface area contributed by atoms with E-state index in [1.165, 1.54) is 18.8 Å². The number of fused-ring (bicyclic) bond motifs is 3. The molecule has 0 saturated carbocycles. The lowest BCUT2D eigenvalue weighted by Gasteiger charge is -2.11. The predicted octanol–water partition coefficient (Wildman–Crippen LogP) is 2.12. The fourth-order valence-electron chi connectivity index (χ4n) is 3.25. The van der Waals surface area contributed by atoms with Crippen LogP contribution in [0.5, 0.6) is 0 Å². The van der Waals surface area contributed by atoms with Crippen LogP contribution < -0.4 is 10.3 Å². The Morgan fingerprint density at radius 3 is 2.53 bits per heavy atom. The van der Waals surface area contributed by atoms with Crippen molar-refractivity contribution in [2.75, 3.05) is 18.6 Å². The minimum Gasteiger partial charge on any atom is -0.272 e. The van der Waals surface area contributed by atoms with Crippen molar-refractivity contribution in [2.45, 2.75) is 18.1 Å². The number of rotatable bonds is 8. The Balaban J connectivity index is 1.74. The summed E-state index contributed by atoms with van der Waals surface area (Å²) in [7, 11) is -1.83. The number of sulfonamides is 1. The molecule has 1 N–H and O–H groups in total. The van der Waals surface area contributed by atoms with Gasteiger partial charge in [0.15, 0.2) is 5.16 Å². The fourth-order valence-corrected chi connectivity index (χ4v) is 5.04. The maximum absolute atomic E-state index is 13.2. The first-order valence-electron chi connectivity index (χ1n) is 9.45. The maximum atomic E-state index is 13.2. The third kappa shape index (κ3) is 4.11. The quantitative estimate of drug-likeness (QED) is 0.331. The van der Waals surface area contributed by atoms with E-state index in [0.29, 0.717) is 35.0 Å². The molecule has 0 aliphatic carbocycles. The summed E-state index contributed by atoms with van der Waals surface area (Å²) in [4.78, 5) is 13.2. The molecular weight excluding hydrogens is 422 g/mol. The van der Waals surface area contributed by atoms with Crippen LogP contribution in [0, 0.1) is 0 Å². The van der Waals surface area contributed by atoms with Crippen molar-refractivity contribution in [3.8, 4) is 0 Å². The summed E-state index contributed by atoms with van der Waals surface area (Å²) >= 11 is 1.43. The van der Waals surface area contributed by atoms with Crippen molar-refractivity contribution in [3.63, 3.8) is 0 Å². The summed E-state index contributed by atoms with van der Waals surface area (Å²) in [6, 6.07) is 17.1. The number of hydrogen-bond acceptors (Lipinski definition) is 6. The SMILES string of the molecule is CNS(=O)(=O)CCCSc1nnc2n(Cc3ccccc3)c(=O)c3ccccc3n12. The van der Waals surface area contributed by atoms with E-state index in [9.17, 15) is 13.2 Å². The van der Waals surface area contributed by atoms with Crippen LogP contribution in [0.2, 0.25) is 0 Å². The Hall–Kier alpha value is -2.69. The molecule has 4 rings (SSSR count). The van der Waals surface area contributed by atoms with Gasteiger partial charge in [-0.25, -0.2) is 13.1 Å². The van der Waals surface area contributed by atoms with Crippen LogP contribution in [-0.2, 0) is 16.6 Å². The van der Waals surface area contributed by atoms with Crippen molar-refractivity contribution < 1.29 is 8.42 Å². The van der Waals surface area contributed by atoms with E-state index < -0.39 is 10.0 Å². The van der Waals surface area contributed by atoms with Gasteiger partial charge in [-0.1, -0.05) is 54.2 Å². The molecule has 8 nitrogen and oxygen atoms in total. The molecule has 2 aromatic heterocycles. The number of para-hydroxylation sites is 1. The lowest BCUT2D eigenvalue weighted by Crippen LogP contribution is -2.24. The highest BCUT2D eigenvalue weighted by atomic mass is 32.2. The molecule has 0 aliphatic rings. The molecule has 0 unspecified atom stereocenters. The molecule has 2 aromatic carbocycles. The van der Waals surface area contributed by atoms with Crippen molar-refractivity contribution >= 4 is 38.5 Å². The average molecular weight is 444 g/mol. The van der Waals surface area contributed by atoms with E-state index in [-0.39, 0.29) is 11.3 Å². The van der Waals surface area contributed by atoms with Crippen LogP contribution >= 0.6 is 11.8 Å². The van der Waals surface area contributed by atoms with E-state index in [1.54, 1.807) is 10.6 Å². The van der Waals surface area contributed by atoms with E-state index >= 15 is 0 Å². The Morgan fingerprint density at radius 2 is 1.77 bits per heavy atom. The lowest BCUT2D eigenvalue weighted by molar-refractivity contribution is 0.587. The van der Waals surface area contributed by atoms with Crippen LogP contribution in [0.25, 0.3) is 16.7 Å². The maximum Gasteiger partial charge on any atom is 0.263 e. The molecule has 30 heavy (non-hydrogen) atoms. The zero-order chi connectivity index (χ0) is 21.1. The zero-order valence-corrected chi connectivity index (χ0v) is 18.0. The first-order valence-corrected chi connectivity index (χ1v) is 12.1. The van der Waals surface area contributed by atoms with Gasteiger partial charge in [-0.2, -0.15) is 0 Å². The third-order valence-corrected chi connectivity index (χ3v) is 7.22. The minimum atomic E-state index is -3.24. The zero-order valence-electron chi connectivity index (χ0n) is 16.4. The first kappa shape index (κ1) is 20.6. The van der Waals surface area contributed by atoms with E-state index in [2.05, 4.69) is 14.9 Å². The van der Waals surface area contributed by atoms with Gasteiger partial charge in [0.2, 0.25) is 15.8 Å². The molecule has 0 fully saturated rings. The van der Waals surface area contributed by atoms with Gasteiger partial charge in [-0.05, 0) is 31.2 Å². The Morgan fingerprint density at radius 1 is 1.03 bits per heavy atom. The third-order valence-electron chi connectivity index (χ3n) is 4.76. The highest BCUT2D eigenvalue weighted by Crippen LogP contribution is 2.22. The number of nitrogens with one attached hydrogen (secondary N) is 1. The summed E-state index contributed by atoms with van der Waals surface area (Å²) in [6.45, 7) is 0.386. The van der Waals surface area contributed by atoms with Crippen molar-refractivity contribution in [3.05, 3.63) is 70.5 Å². The number of benzene rings is 2. The molecule has 0 amide bonds. The molecule has 2 heterocycles. The van der Waals surface area contributed by atoms with Gasteiger partial charge in [0, 0.05) is 5.75 Å². The molecule has 156 valence electrons. The fraction of sp³-hybridized carbons (Fsp3) is 0.250. The average Bonchev–Trinajstić information content (AvgIpc) is 3.19. The van der Waals surface area contributed by atoms with Gasteiger partial charge >= 0.3 is 0 Å². The topological polar surface area (TPSA) is 98.4 Å². The summed E-state index contributed by atoms with van der Waals surface area (Å²) in [6.07, 6.45) is 0.477. The summed E-state index contributed by atoms with van der Waals surface area (Å²) in [5.41, 5.74) is 1.61. The molecule has 0 spiro atoms. The molecule has 4 aromatic rings. The number of nitrogens with zero attached hydrogens (tertiary/aromatic N) is 4.